The van der Waals surface area contributed by atoms with Crippen LogP contribution in [0.1, 0.15) is 11.1 Å². The Bertz CT molecular complexity index is 571. The van der Waals surface area contributed by atoms with Crippen LogP contribution >= 0.6 is 139 Å². The lowest BCUT2D eigenvalue weighted by Gasteiger charge is -2.42. The smallest absolute Gasteiger partial charge is 0.243 e. The highest BCUT2D eigenvalue weighted by Gasteiger charge is 2.64. The third-order valence-electron chi connectivity index (χ3n) is 3.27. The number of hydrogen-bond acceptors (Lipinski definition) is 2. The molecule has 2 atom stereocenters. The van der Waals surface area contributed by atoms with Crippen LogP contribution in [0.25, 0.3) is 0 Å². The lowest BCUT2D eigenvalue weighted by atomic mass is 9.92. The summed E-state index contributed by atoms with van der Waals surface area (Å²) in [5.74, 6) is 0. The van der Waals surface area contributed by atoms with Gasteiger partial charge >= 0.3 is 0 Å². The molecule has 0 bridgehead atoms. The van der Waals surface area contributed by atoms with Crippen molar-refractivity contribution in [2.24, 2.45) is 0 Å². The van der Waals surface area contributed by atoms with Crippen LogP contribution in [0.15, 0.2) is 24.3 Å². The topological polar surface area (TPSA) is 40.5 Å². The Hall–Kier alpha value is 2.62. The quantitative estimate of drug-likeness (QED) is 0.347. The van der Waals surface area contributed by atoms with Crippen molar-refractivity contribution in [1.82, 2.24) is 0 Å². The minimum absolute atomic E-state index is 0.166. The molecule has 1 aromatic carbocycles. The van der Waals surface area contributed by atoms with E-state index in [2.05, 4.69) is 0 Å². The molecular weight excluding hydrogens is 602 g/mol. The monoisotopic (exact) mass is 602 g/mol. The fourth-order valence-corrected chi connectivity index (χ4v) is 5.26. The summed E-state index contributed by atoms with van der Waals surface area (Å²) in [6, 6.07) is 4.97. The maximum Gasteiger partial charge on any atom is 0.243 e. The standard InChI is InChI=1S/C12H6Cl12O2/c13-7(9(15,16)17,11(21,22)25)5-2-1-3-6(4-5)8(14,10(18,19)20)12(23,24)26/h1-4,25-26H. The Labute approximate surface area is 209 Å². The summed E-state index contributed by atoms with van der Waals surface area (Å²) in [5, 5.41) is 20.1. The highest BCUT2D eigenvalue weighted by Crippen LogP contribution is 2.61. The van der Waals surface area contributed by atoms with E-state index in [1.165, 1.54) is 18.2 Å². The van der Waals surface area contributed by atoms with Crippen LogP contribution in [0.2, 0.25) is 0 Å². The number of alkyl halides is 12. The molecule has 0 aromatic heterocycles. The van der Waals surface area contributed by atoms with Gasteiger partial charge in [-0.05, 0) is 11.1 Å². The molecule has 1 rings (SSSR count). The second-order valence-electron chi connectivity index (χ2n) is 4.98. The fraction of sp³-hybridized carbons (Fsp3) is 0.500. The van der Waals surface area contributed by atoms with Crippen LogP contribution in [0, 0.1) is 0 Å². The van der Waals surface area contributed by atoms with Gasteiger partial charge in [0.15, 0.2) is 9.75 Å². The first-order valence-corrected chi connectivity index (χ1v) is 10.6. The van der Waals surface area contributed by atoms with Gasteiger partial charge < -0.3 is 10.2 Å². The van der Waals surface area contributed by atoms with Gasteiger partial charge in [0.2, 0.25) is 16.6 Å². The Kier molecular flexibility index (Phi) is 8.49. The molecule has 1 aromatic rings. The van der Waals surface area contributed by atoms with Crippen LogP contribution in [0.5, 0.6) is 0 Å². The predicted octanol–water partition coefficient (Wildman–Crippen LogP) is 7.54. The molecular formula is C12H6Cl12O2. The van der Waals surface area contributed by atoms with E-state index < -0.39 is 26.4 Å². The van der Waals surface area contributed by atoms with Gasteiger partial charge in [-0.15, -0.1) is 23.2 Å². The molecule has 2 nitrogen and oxygen atoms in total. The number of aliphatic hydroxyl groups is 2. The predicted molar refractivity (Wildman–Crippen MR) is 115 cm³/mol. The highest BCUT2D eigenvalue weighted by atomic mass is 35.6. The molecule has 14 heteroatoms. The first-order valence-electron chi connectivity index (χ1n) is 6.04. The zero-order valence-electron chi connectivity index (χ0n) is 11.7. The molecule has 0 aliphatic carbocycles. The summed E-state index contributed by atoms with van der Waals surface area (Å²) in [6.07, 6.45) is 0. The summed E-state index contributed by atoms with van der Waals surface area (Å²) in [7, 11) is 0. The van der Waals surface area contributed by atoms with Gasteiger partial charge in [0, 0.05) is 0 Å². The van der Waals surface area contributed by atoms with Crippen molar-refractivity contribution >= 4 is 139 Å². The Balaban J connectivity index is 3.80. The summed E-state index contributed by atoms with van der Waals surface area (Å²) in [5.41, 5.74) is -0.331. The fourth-order valence-electron chi connectivity index (χ4n) is 1.96. The molecule has 0 radical (unpaired) electrons. The summed E-state index contributed by atoms with van der Waals surface area (Å²) < 4.78 is -10.4. The van der Waals surface area contributed by atoms with Crippen molar-refractivity contribution in [3.63, 3.8) is 0 Å². The van der Waals surface area contributed by atoms with Crippen molar-refractivity contribution in [3.8, 4) is 0 Å². The van der Waals surface area contributed by atoms with E-state index in [4.69, 9.17) is 139 Å². The summed E-state index contributed by atoms with van der Waals surface area (Å²) in [6.45, 7) is 0. The van der Waals surface area contributed by atoms with Crippen molar-refractivity contribution in [2.45, 2.75) is 26.4 Å². The molecule has 0 saturated carbocycles. The average Bonchev–Trinajstić information content (AvgIpc) is 2.40. The van der Waals surface area contributed by atoms with E-state index in [0.29, 0.717) is 0 Å². The molecule has 0 fully saturated rings. The molecule has 0 spiro atoms. The molecule has 0 amide bonds. The van der Waals surface area contributed by atoms with Gasteiger partial charge in [-0.3, -0.25) is 0 Å². The maximum atomic E-state index is 10.1. The third-order valence-corrected chi connectivity index (χ3v) is 8.62. The van der Waals surface area contributed by atoms with E-state index in [1.54, 1.807) is 0 Å². The van der Waals surface area contributed by atoms with Crippen LogP contribution in [-0.4, -0.2) is 26.8 Å². The van der Waals surface area contributed by atoms with Gasteiger partial charge in [0.1, 0.15) is 0 Å². The van der Waals surface area contributed by atoms with E-state index in [-0.39, 0.29) is 11.1 Å². The van der Waals surface area contributed by atoms with E-state index in [9.17, 15) is 10.2 Å². The van der Waals surface area contributed by atoms with Crippen LogP contribution in [0.3, 0.4) is 0 Å². The van der Waals surface area contributed by atoms with Gasteiger partial charge in [-0.25, -0.2) is 0 Å². The first-order chi connectivity index (χ1) is 11.2. The van der Waals surface area contributed by atoms with Crippen LogP contribution < -0.4 is 0 Å². The summed E-state index contributed by atoms with van der Waals surface area (Å²) >= 11 is 70.7. The normalized spacial score (nSPS) is 19.0. The average molecular weight is 608 g/mol. The Morgan fingerprint density at radius 1 is 0.538 bits per heavy atom. The molecule has 150 valence electrons. The van der Waals surface area contributed by atoms with E-state index in [1.807, 2.05) is 0 Å². The SMILES string of the molecule is OC(Cl)(Cl)C(Cl)(c1cccc(C(Cl)(C(O)(Cl)Cl)C(Cl)(Cl)Cl)c1)C(Cl)(Cl)Cl. The third kappa shape index (κ3) is 4.75. The number of rotatable bonds is 4. The minimum Gasteiger partial charge on any atom is -0.361 e. The largest absolute Gasteiger partial charge is 0.361 e. The first kappa shape index (κ1) is 26.7. The number of benzene rings is 1. The summed E-state index contributed by atoms with van der Waals surface area (Å²) in [4.78, 5) is -4.85. The lowest BCUT2D eigenvalue weighted by molar-refractivity contribution is 0.158. The molecule has 0 saturated heterocycles. The van der Waals surface area contributed by atoms with Crippen molar-refractivity contribution in [2.75, 3.05) is 0 Å². The van der Waals surface area contributed by atoms with Crippen LogP contribution in [0.4, 0.5) is 0 Å². The van der Waals surface area contributed by atoms with Gasteiger partial charge in [-0.1, -0.05) is 140 Å². The maximum absolute atomic E-state index is 10.1. The Morgan fingerprint density at radius 3 is 1.00 bits per heavy atom. The number of halogens is 12. The van der Waals surface area contributed by atoms with Crippen LogP contribution in [-0.2, 0) is 9.75 Å². The van der Waals surface area contributed by atoms with E-state index >= 15 is 0 Å². The zero-order valence-corrected chi connectivity index (χ0v) is 20.8. The zero-order chi connectivity index (χ0) is 21.0. The van der Waals surface area contributed by atoms with Crippen molar-refractivity contribution in [1.29, 1.82) is 0 Å². The molecule has 0 aliphatic heterocycles. The van der Waals surface area contributed by atoms with Gasteiger partial charge in [-0.2, -0.15) is 0 Å². The molecule has 2 N–H and O–H groups in total. The highest BCUT2D eigenvalue weighted by molar-refractivity contribution is 6.73. The second-order valence-corrected chi connectivity index (χ2v) is 13.2. The Morgan fingerprint density at radius 2 is 0.808 bits per heavy atom. The van der Waals surface area contributed by atoms with Gasteiger partial charge in [0.05, 0.1) is 0 Å². The lowest BCUT2D eigenvalue weighted by Crippen LogP contribution is -2.50. The minimum atomic E-state index is -2.79. The van der Waals surface area contributed by atoms with E-state index in [0.717, 1.165) is 6.07 Å². The number of hydrogen-bond donors (Lipinski definition) is 2. The van der Waals surface area contributed by atoms with Gasteiger partial charge in [0.25, 0.3) is 0 Å². The molecule has 2 unspecified atom stereocenters. The molecule has 26 heavy (non-hydrogen) atoms. The molecule has 0 heterocycles. The van der Waals surface area contributed by atoms with Crippen molar-refractivity contribution < 1.29 is 10.2 Å². The van der Waals surface area contributed by atoms with Crippen molar-refractivity contribution in [3.05, 3.63) is 35.4 Å². The second kappa shape index (κ2) is 8.28. The molecule has 0 aliphatic rings.